The van der Waals surface area contributed by atoms with Gasteiger partial charge in [0.1, 0.15) is 12.4 Å². The second-order valence-corrected chi connectivity index (χ2v) is 17.4. The monoisotopic (exact) mass is 1010 g/mol. The van der Waals surface area contributed by atoms with Crippen molar-refractivity contribution in [3.8, 4) is 5.75 Å². The molecule has 1 fully saturated rings. The molecule has 0 bridgehead atoms. The summed E-state index contributed by atoms with van der Waals surface area (Å²) in [5.74, 6) is -0.442. The molecule has 0 unspecified atom stereocenters. The highest BCUT2D eigenvalue weighted by Crippen LogP contribution is 2.24. The zero-order valence-corrected chi connectivity index (χ0v) is 41.6. The van der Waals surface area contributed by atoms with Crippen LogP contribution in [-0.4, -0.2) is 142 Å². The van der Waals surface area contributed by atoms with E-state index in [9.17, 15) is 28.4 Å². The van der Waals surface area contributed by atoms with Crippen molar-refractivity contribution in [2.24, 2.45) is 0 Å². The van der Waals surface area contributed by atoms with Gasteiger partial charge in [-0.05, 0) is 99.9 Å². The van der Waals surface area contributed by atoms with Crippen LogP contribution in [-0.2, 0) is 38.1 Å². The molecule has 3 atom stereocenters. The summed E-state index contributed by atoms with van der Waals surface area (Å²) in [6, 6.07) is 13.8. The van der Waals surface area contributed by atoms with Gasteiger partial charge in [-0.3, -0.25) is 19.2 Å². The average molecular weight is 1010 g/mol. The van der Waals surface area contributed by atoms with Crippen LogP contribution in [0.25, 0.3) is 0 Å². The van der Waals surface area contributed by atoms with Crippen molar-refractivity contribution in [3.63, 3.8) is 0 Å². The lowest BCUT2D eigenvalue weighted by molar-refractivity contribution is -0.123. The van der Waals surface area contributed by atoms with Crippen LogP contribution in [0.5, 0.6) is 5.75 Å². The summed E-state index contributed by atoms with van der Waals surface area (Å²) in [7, 11) is 0. The fourth-order valence-electron chi connectivity index (χ4n) is 6.95. The Bertz CT molecular complexity index is 2070. The molecule has 20 nitrogen and oxygen atoms in total. The minimum Gasteiger partial charge on any atom is -0.491 e. The summed E-state index contributed by atoms with van der Waals surface area (Å²) in [4.78, 5) is 67.8. The molecule has 1 saturated heterocycles. The van der Waals surface area contributed by atoms with Crippen LogP contribution in [0.2, 0.25) is 0 Å². The smallest absolute Gasteiger partial charge is 0.315 e. The first-order valence-corrected chi connectivity index (χ1v) is 25.4. The van der Waals surface area contributed by atoms with Crippen LogP contribution in [0.4, 0.5) is 38.0 Å². The summed E-state index contributed by atoms with van der Waals surface area (Å²) in [5.41, 5.74) is 1.78. The number of hydrogen-bond acceptors (Lipinski definition) is 15. The number of halogens is 1. The van der Waals surface area contributed by atoms with Crippen molar-refractivity contribution in [2.45, 2.75) is 82.0 Å². The molecular weight excluding hydrogens is 940 g/mol. The van der Waals surface area contributed by atoms with Crippen LogP contribution in [0.3, 0.4) is 0 Å². The van der Waals surface area contributed by atoms with E-state index in [0.717, 1.165) is 31.9 Å². The molecule has 1 aromatic heterocycles. The van der Waals surface area contributed by atoms with E-state index >= 15 is 0 Å². The van der Waals surface area contributed by atoms with Gasteiger partial charge in [0.2, 0.25) is 29.6 Å². The van der Waals surface area contributed by atoms with Crippen LogP contribution in [0.1, 0.15) is 64.7 Å². The molecule has 2 heterocycles. The third-order valence-electron chi connectivity index (χ3n) is 10.7. The maximum atomic E-state index is 14.5. The molecule has 0 saturated carbocycles. The Morgan fingerprint density at radius 3 is 1.86 bits per heavy atom. The van der Waals surface area contributed by atoms with Crippen LogP contribution in [0, 0.1) is 5.82 Å². The number of anilines is 5. The number of hydrogen-bond donors (Lipinski definition) is 8. The zero-order chi connectivity index (χ0) is 50.9. The Balaban J connectivity index is 0.877. The van der Waals surface area contributed by atoms with E-state index in [1.807, 2.05) is 6.92 Å². The number of unbranched alkanes of at least 4 members (excludes halogenated alkanes) is 1. The van der Waals surface area contributed by atoms with E-state index in [-0.39, 0.29) is 66.4 Å². The van der Waals surface area contributed by atoms with Gasteiger partial charge < -0.3 is 66.2 Å². The fourth-order valence-corrected chi connectivity index (χ4v) is 7.95. The van der Waals surface area contributed by atoms with Crippen molar-refractivity contribution in [3.05, 3.63) is 73.2 Å². The number of rotatable bonds is 38. The molecule has 1 aliphatic rings. The number of urea groups is 1. The second kappa shape index (κ2) is 34.3. The van der Waals surface area contributed by atoms with Crippen molar-refractivity contribution < 1.29 is 52.0 Å². The van der Waals surface area contributed by atoms with Crippen molar-refractivity contribution in [2.75, 3.05) is 101 Å². The van der Waals surface area contributed by atoms with Crippen LogP contribution >= 0.6 is 11.8 Å². The van der Waals surface area contributed by atoms with Crippen LogP contribution < -0.4 is 47.3 Å². The first-order valence-electron chi connectivity index (χ1n) is 24.1. The van der Waals surface area contributed by atoms with Gasteiger partial charge in [-0.2, -0.15) is 16.7 Å². The quantitative estimate of drug-likeness (QED) is 0.0267. The summed E-state index contributed by atoms with van der Waals surface area (Å²) < 4.78 is 42.4. The van der Waals surface area contributed by atoms with E-state index < -0.39 is 5.82 Å². The number of ether oxygens (including phenoxy) is 5. The molecule has 22 heteroatoms. The summed E-state index contributed by atoms with van der Waals surface area (Å²) >= 11 is 1.75. The van der Waals surface area contributed by atoms with Crippen molar-refractivity contribution >= 4 is 70.3 Å². The van der Waals surface area contributed by atoms with Gasteiger partial charge in [-0.1, -0.05) is 13.0 Å². The molecule has 71 heavy (non-hydrogen) atoms. The zero-order valence-electron chi connectivity index (χ0n) is 40.8. The third-order valence-corrected chi connectivity index (χ3v) is 11.8. The highest BCUT2D eigenvalue weighted by Gasteiger charge is 2.33. The highest BCUT2D eigenvalue weighted by atomic mass is 32.2. The number of carbonyl (C=O) groups is 5. The molecule has 0 aliphatic carbocycles. The maximum absolute atomic E-state index is 14.5. The Morgan fingerprint density at radius 2 is 1.25 bits per heavy atom. The van der Waals surface area contributed by atoms with Gasteiger partial charge in [0, 0.05) is 80.5 Å². The normalized spacial score (nSPS) is 14.4. The predicted molar refractivity (Wildman–Crippen MR) is 272 cm³/mol. The molecule has 0 spiro atoms. The number of nitrogens with one attached hydrogen (secondary N) is 8. The number of aromatic nitrogens is 2. The molecule has 2 aromatic carbocycles. The summed E-state index contributed by atoms with van der Waals surface area (Å²) in [6.07, 6.45) is 9.77. The standard InChI is InChI=1S/C49H71FN10O10S/c1-4-42(61)56-36-14-16-37(17-15-36)57-47-40(50)34-54-48(60-47)58-38-18-20-39(21-19-38)70-33-32-68-27-24-53-45(64)13-7-12-44(63)52-23-9-26-67-29-31-69-30-28-66-25-8-22-51-43(62)11-6-5-10-41(71-3)46-35(2)55-49(65)59-46/h4,14-21,34-35,41,46H,1,5-13,22-33H2,2-3H3,(H,51,62)(H,52,63)(H,53,64)(H,56,61)(H2,55,59,65)(H2,54,57,58,60)/t35-,41-,46-/m0/s1. The maximum Gasteiger partial charge on any atom is 0.315 e. The van der Waals surface area contributed by atoms with E-state index in [0.29, 0.717) is 126 Å². The van der Waals surface area contributed by atoms with E-state index in [1.165, 1.54) is 6.08 Å². The summed E-state index contributed by atoms with van der Waals surface area (Å²) in [6.45, 7) is 10.5. The molecular formula is C49H71FN10O10S. The lowest BCUT2D eigenvalue weighted by Crippen LogP contribution is -2.40. The Hall–Kier alpha value is -6.07. The van der Waals surface area contributed by atoms with Gasteiger partial charge in [-0.15, -0.1) is 0 Å². The molecule has 0 radical (unpaired) electrons. The minimum atomic E-state index is -0.640. The highest BCUT2D eigenvalue weighted by molar-refractivity contribution is 7.99. The molecule has 3 aromatic rings. The second-order valence-electron chi connectivity index (χ2n) is 16.3. The number of thioether (sulfide) groups is 1. The molecule has 1 aliphatic heterocycles. The van der Waals surface area contributed by atoms with Crippen molar-refractivity contribution in [1.82, 2.24) is 36.6 Å². The number of benzene rings is 2. The SMILES string of the molecule is C=CC(=O)Nc1ccc(Nc2nc(Nc3ccc(OCCOCCNC(=O)CCCC(=O)NCCCOCCOCCOCCCNC(=O)CCCC[C@H](SC)[C@H]4NC(=O)N[C@H]4C)cc3)ncc2F)cc1. The van der Waals surface area contributed by atoms with E-state index in [1.54, 1.807) is 60.3 Å². The topological polar surface area (TPSA) is 254 Å². The van der Waals surface area contributed by atoms with E-state index in [2.05, 4.69) is 65.3 Å². The van der Waals surface area contributed by atoms with Crippen LogP contribution in [0.15, 0.2) is 67.4 Å². The Labute approximate surface area is 419 Å². The van der Waals surface area contributed by atoms with Crippen molar-refractivity contribution in [1.29, 1.82) is 0 Å². The van der Waals surface area contributed by atoms with Gasteiger partial charge in [0.05, 0.1) is 51.9 Å². The molecule has 4 rings (SSSR count). The van der Waals surface area contributed by atoms with E-state index in [4.69, 9.17) is 23.7 Å². The molecule has 6 amide bonds. The average Bonchev–Trinajstić information content (AvgIpc) is 3.70. The Morgan fingerprint density at radius 1 is 0.704 bits per heavy atom. The summed E-state index contributed by atoms with van der Waals surface area (Å²) in [5, 5.41) is 23.4. The number of nitrogens with zero attached hydrogens (tertiary/aromatic N) is 2. The fraction of sp³-hybridized carbons (Fsp3) is 0.531. The predicted octanol–water partition coefficient (Wildman–Crippen LogP) is 5.33. The van der Waals surface area contributed by atoms with Gasteiger partial charge in [-0.25, -0.2) is 14.2 Å². The van der Waals surface area contributed by atoms with Gasteiger partial charge in [0.25, 0.3) is 0 Å². The third kappa shape index (κ3) is 24.6. The molecule has 8 N–H and O–H groups in total. The lowest BCUT2D eigenvalue weighted by Gasteiger charge is -2.24. The van der Waals surface area contributed by atoms with Gasteiger partial charge in [0.15, 0.2) is 11.6 Å². The first-order chi connectivity index (χ1) is 34.5. The van der Waals surface area contributed by atoms with Gasteiger partial charge >= 0.3 is 6.03 Å². The molecule has 390 valence electrons. The first kappa shape index (κ1) is 57.5. The number of carbonyl (C=O) groups excluding carboxylic acids is 5. The number of amides is 6. The largest absolute Gasteiger partial charge is 0.491 e. The minimum absolute atomic E-state index is 0.0294. The Kier molecular flexibility index (Phi) is 27.8. The lowest BCUT2D eigenvalue weighted by atomic mass is 10.0.